The largest absolute Gasteiger partial charge is 0.496 e. The zero-order chi connectivity index (χ0) is 18.4. The highest BCUT2D eigenvalue weighted by Gasteiger charge is 2.09. The maximum atomic E-state index is 12.5. The van der Waals surface area contributed by atoms with Crippen molar-refractivity contribution in [3.05, 3.63) is 87.5 Å². The summed E-state index contributed by atoms with van der Waals surface area (Å²) in [6.07, 6.45) is 0. The minimum absolute atomic E-state index is 0.175. The summed E-state index contributed by atoms with van der Waals surface area (Å²) in [6, 6.07) is 22.7. The summed E-state index contributed by atoms with van der Waals surface area (Å²) in [5, 5.41) is 2.90. The summed E-state index contributed by atoms with van der Waals surface area (Å²) in [5.74, 6) is 1.28. The minimum Gasteiger partial charge on any atom is -0.496 e. The first kappa shape index (κ1) is 18.3. The molecule has 0 bridgehead atoms. The normalized spacial score (nSPS) is 10.2. The van der Waals surface area contributed by atoms with Crippen molar-refractivity contribution in [3.8, 4) is 11.5 Å². The Morgan fingerprint density at radius 2 is 1.81 bits per heavy atom. The van der Waals surface area contributed by atoms with Gasteiger partial charge in [-0.3, -0.25) is 4.79 Å². The molecular weight excluding hydrogens is 441 g/mol. The lowest BCUT2D eigenvalue weighted by Crippen LogP contribution is -2.12. The van der Waals surface area contributed by atoms with Gasteiger partial charge in [0.05, 0.1) is 10.7 Å². The predicted octanol–water partition coefficient (Wildman–Crippen LogP) is 5.13. The van der Waals surface area contributed by atoms with E-state index >= 15 is 0 Å². The van der Waals surface area contributed by atoms with Gasteiger partial charge in [-0.1, -0.05) is 36.4 Å². The van der Waals surface area contributed by atoms with Crippen molar-refractivity contribution in [3.63, 3.8) is 0 Å². The second-order valence-electron chi connectivity index (χ2n) is 5.61. The van der Waals surface area contributed by atoms with E-state index in [1.165, 1.54) is 0 Å². The number of benzene rings is 3. The molecule has 3 aromatic rings. The summed E-state index contributed by atoms with van der Waals surface area (Å²) in [7, 11) is 1.61. The number of ether oxygens (including phenoxy) is 2. The van der Waals surface area contributed by atoms with E-state index in [2.05, 4.69) is 27.9 Å². The molecule has 1 N–H and O–H groups in total. The van der Waals surface area contributed by atoms with Crippen molar-refractivity contribution in [2.24, 2.45) is 0 Å². The van der Waals surface area contributed by atoms with Crippen LogP contribution in [0.1, 0.15) is 15.9 Å². The summed E-state index contributed by atoms with van der Waals surface area (Å²) in [5.41, 5.74) is 2.35. The highest BCUT2D eigenvalue weighted by molar-refractivity contribution is 14.1. The SMILES string of the molecule is COc1ccc(C(=O)Nc2cccc(OCc3ccccc3)c2)cc1I. The van der Waals surface area contributed by atoms with Gasteiger partial charge in [0, 0.05) is 17.3 Å². The van der Waals surface area contributed by atoms with Gasteiger partial charge in [-0.25, -0.2) is 0 Å². The molecular formula is C21H18INO3. The number of rotatable bonds is 6. The van der Waals surface area contributed by atoms with Gasteiger partial charge in [0.25, 0.3) is 5.91 Å². The van der Waals surface area contributed by atoms with Crippen LogP contribution in [-0.4, -0.2) is 13.0 Å². The molecule has 26 heavy (non-hydrogen) atoms. The van der Waals surface area contributed by atoms with Crippen LogP contribution >= 0.6 is 22.6 Å². The zero-order valence-corrected chi connectivity index (χ0v) is 16.4. The number of halogens is 1. The van der Waals surface area contributed by atoms with E-state index in [9.17, 15) is 4.79 Å². The Morgan fingerprint density at radius 3 is 2.54 bits per heavy atom. The van der Waals surface area contributed by atoms with Crippen molar-refractivity contribution < 1.29 is 14.3 Å². The van der Waals surface area contributed by atoms with Gasteiger partial charge in [-0.2, -0.15) is 0 Å². The Kier molecular flexibility index (Phi) is 6.12. The number of carbonyl (C=O) groups is 1. The zero-order valence-electron chi connectivity index (χ0n) is 14.2. The fourth-order valence-electron chi connectivity index (χ4n) is 2.42. The van der Waals surface area contributed by atoms with E-state index < -0.39 is 0 Å². The molecule has 0 aliphatic carbocycles. The molecule has 1 amide bonds. The number of hydrogen-bond donors (Lipinski definition) is 1. The average Bonchev–Trinajstić information content (AvgIpc) is 2.67. The second kappa shape index (κ2) is 8.71. The van der Waals surface area contributed by atoms with E-state index in [0.29, 0.717) is 23.6 Å². The number of anilines is 1. The quantitative estimate of drug-likeness (QED) is 0.520. The van der Waals surface area contributed by atoms with Crippen LogP contribution in [0.2, 0.25) is 0 Å². The van der Waals surface area contributed by atoms with Gasteiger partial charge in [0.15, 0.2) is 0 Å². The van der Waals surface area contributed by atoms with Crippen LogP contribution in [0.4, 0.5) is 5.69 Å². The Labute approximate surface area is 166 Å². The van der Waals surface area contributed by atoms with Gasteiger partial charge in [-0.15, -0.1) is 0 Å². The maximum absolute atomic E-state index is 12.5. The smallest absolute Gasteiger partial charge is 0.255 e. The van der Waals surface area contributed by atoms with E-state index in [1.54, 1.807) is 25.3 Å². The molecule has 0 saturated carbocycles. The molecule has 3 rings (SSSR count). The summed E-state index contributed by atoms with van der Waals surface area (Å²) < 4.78 is 11.9. The van der Waals surface area contributed by atoms with Crippen molar-refractivity contribution in [2.45, 2.75) is 6.61 Å². The predicted molar refractivity (Wildman–Crippen MR) is 111 cm³/mol. The molecule has 0 saturated heterocycles. The van der Waals surface area contributed by atoms with E-state index in [1.807, 2.05) is 54.6 Å². The molecule has 0 spiro atoms. The van der Waals surface area contributed by atoms with Crippen LogP contribution < -0.4 is 14.8 Å². The Balaban J connectivity index is 1.66. The molecule has 0 radical (unpaired) electrons. The average molecular weight is 459 g/mol. The van der Waals surface area contributed by atoms with Crippen LogP contribution in [0.3, 0.4) is 0 Å². The third-order valence-corrected chi connectivity index (χ3v) is 4.60. The summed E-state index contributed by atoms with van der Waals surface area (Å²) >= 11 is 2.15. The lowest BCUT2D eigenvalue weighted by Gasteiger charge is -2.10. The van der Waals surface area contributed by atoms with Gasteiger partial charge < -0.3 is 14.8 Å². The number of amides is 1. The number of carbonyl (C=O) groups excluding carboxylic acids is 1. The Bertz CT molecular complexity index is 897. The van der Waals surface area contributed by atoms with E-state index in [4.69, 9.17) is 9.47 Å². The Morgan fingerprint density at radius 1 is 1.00 bits per heavy atom. The standard InChI is InChI=1S/C21H18INO3/c1-25-20-11-10-16(12-19(20)22)21(24)23-17-8-5-9-18(13-17)26-14-15-6-3-2-4-7-15/h2-13H,14H2,1H3,(H,23,24). The van der Waals surface area contributed by atoms with Crippen molar-refractivity contribution in [1.82, 2.24) is 0 Å². The van der Waals surface area contributed by atoms with Gasteiger partial charge in [-0.05, 0) is 58.5 Å². The molecule has 5 heteroatoms. The molecule has 3 aromatic carbocycles. The van der Waals surface area contributed by atoms with Crippen molar-refractivity contribution in [1.29, 1.82) is 0 Å². The van der Waals surface area contributed by atoms with Crippen LogP contribution in [0, 0.1) is 3.57 Å². The molecule has 0 aromatic heterocycles. The Hall–Kier alpha value is -2.54. The van der Waals surface area contributed by atoms with E-state index in [-0.39, 0.29) is 5.91 Å². The van der Waals surface area contributed by atoms with Crippen LogP contribution in [0.5, 0.6) is 11.5 Å². The van der Waals surface area contributed by atoms with Gasteiger partial charge in [0.1, 0.15) is 18.1 Å². The van der Waals surface area contributed by atoms with Crippen LogP contribution in [0.15, 0.2) is 72.8 Å². The number of methoxy groups -OCH3 is 1. The van der Waals surface area contributed by atoms with Crippen LogP contribution in [0.25, 0.3) is 0 Å². The first-order chi connectivity index (χ1) is 12.7. The number of nitrogens with one attached hydrogen (secondary N) is 1. The maximum Gasteiger partial charge on any atom is 0.255 e. The molecule has 0 aliphatic rings. The van der Waals surface area contributed by atoms with E-state index in [0.717, 1.165) is 14.9 Å². The fraction of sp³-hybridized carbons (Fsp3) is 0.0952. The van der Waals surface area contributed by atoms with Gasteiger partial charge in [0.2, 0.25) is 0 Å². The lowest BCUT2D eigenvalue weighted by molar-refractivity contribution is 0.102. The van der Waals surface area contributed by atoms with Gasteiger partial charge >= 0.3 is 0 Å². The molecule has 0 unspecified atom stereocenters. The highest BCUT2D eigenvalue weighted by Crippen LogP contribution is 2.23. The molecule has 0 fully saturated rings. The first-order valence-corrected chi connectivity index (χ1v) is 9.15. The molecule has 132 valence electrons. The number of hydrogen-bond acceptors (Lipinski definition) is 3. The second-order valence-corrected chi connectivity index (χ2v) is 6.77. The molecule has 0 heterocycles. The van der Waals surface area contributed by atoms with Crippen LogP contribution in [-0.2, 0) is 6.61 Å². The van der Waals surface area contributed by atoms with Crippen molar-refractivity contribution >= 4 is 34.2 Å². The molecule has 4 nitrogen and oxygen atoms in total. The minimum atomic E-state index is -0.175. The summed E-state index contributed by atoms with van der Waals surface area (Å²) in [4.78, 5) is 12.5. The monoisotopic (exact) mass is 459 g/mol. The highest BCUT2D eigenvalue weighted by atomic mass is 127. The third-order valence-electron chi connectivity index (χ3n) is 3.75. The third kappa shape index (κ3) is 4.76. The first-order valence-electron chi connectivity index (χ1n) is 8.07. The van der Waals surface area contributed by atoms with Crippen molar-refractivity contribution in [2.75, 3.05) is 12.4 Å². The lowest BCUT2D eigenvalue weighted by atomic mass is 10.2. The topological polar surface area (TPSA) is 47.6 Å². The fourth-order valence-corrected chi connectivity index (χ4v) is 3.15. The molecule has 0 atom stereocenters. The summed E-state index contributed by atoms with van der Waals surface area (Å²) in [6.45, 7) is 0.481. The molecule has 0 aliphatic heterocycles.